The first-order valence-electron chi connectivity index (χ1n) is 8.65. The zero-order valence-corrected chi connectivity index (χ0v) is 15.9. The molecule has 0 aliphatic heterocycles. The maximum Gasteiger partial charge on any atom is 0.500 e. The van der Waals surface area contributed by atoms with Crippen LogP contribution in [0.2, 0.25) is 6.04 Å². The molecule has 0 rings (SSSR count). The molecule has 3 N–H and O–H groups in total. The third-order valence-corrected chi connectivity index (χ3v) is 6.30. The lowest BCUT2D eigenvalue weighted by Gasteiger charge is -2.28. The van der Waals surface area contributed by atoms with Crippen molar-refractivity contribution < 1.29 is 23.2 Å². The van der Waals surface area contributed by atoms with E-state index in [1.807, 2.05) is 20.8 Å². The molecule has 0 aliphatic carbocycles. The quantitative estimate of drug-likeness (QED) is 0.270. The van der Waals surface area contributed by atoms with Crippen molar-refractivity contribution in [3.8, 4) is 0 Å². The molecule has 0 aliphatic rings. The number of aliphatic carboxylic acids is 1. The van der Waals surface area contributed by atoms with Crippen LogP contribution in [0, 0.1) is 0 Å². The SMILES string of the molecule is CCO[Si](CCCNCCNCCCC(=O)O)(OCC)OCC. The van der Waals surface area contributed by atoms with Crippen molar-refractivity contribution in [2.45, 2.75) is 46.1 Å². The Morgan fingerprint density at radius 2 is 1.35 bits per heavy atom. The number of rotatable bonds is 17. The van der Waals surface area contributed by atoms with Crippen LogP contribution in [-0.4, -0.2) is 65.9 Å². The van der Waals surface area contributed by atoms with Gasteiger partial charge < -0.3 is 29.0 Å². The Balaban J connectivity index is 3.71. The second kappa shape index (κ2) is 15.0. The number of nitrogens with one attached hydrogen (secondary N) is 2. The molecule has 0 unspecified atom stereocenters. The largest absolute Gasteiger partial charge is 0.500 e. The molecule has 0 radical (unpaired) electrons. The minimum atomic E-state index is -2.50. The predicted molar refractivity (Wildman–Crippen MR) is 92.7 cm³/mol. The molecule has 0 fully saturated rings. The molecule has 0 aromatic rings. The minimum Gasteiger partial charge on any atom is -0.481 e. The lowest BCUT2D eigenvalue weighted by Crippen LogP contribution is -2.46. The van der Waals surface area contributed by atoms with E-state index >= 15 is 0 Å². The van der Waals surface area contributed by atoms with Gasteiger partial charge in [-0.25, -0.2) is 0 Å². The first kappa shape index (κ1) is 22.5. The van der Waals surface area contributed by atoms with E-state index in [2.05, 4.69) is 10.6 Å². The second-order valence-corrected chi connectivity index (χ2v) is 7.81. The highest BCUT2D eigenvalue weighted by atomic mass is 28.4. The molecule has 0 saturated heterocycles. The molecule has 138 valence electrons. The lowest BCUT2D eigenvalue weighted by molar-refractivity contribution is -0.137. The van der Waals surface area contributed by atoms with Crippen LogP contribution in [-0.2, 0) is 18.1 Å². The van der Waals surface area contributed by atoms with Gasteiger partial charge in [-0.05, 0) is 46.7 Å². The van der Waals surface area contributed by atoms with E-state index in [0.717, 1.165) is 38.6 Å². The molecule has 0 amide bonds. The van der Waals surface area contributed by atoms with Gasteiger partial charge in [0.05, 0.1) is 0 Å². The Labute approximate surface area is 141 Å². The summed E-state index contributed by atoms with van der Waals surface area (Å²) < 4.78 is 17.4. The first-order valence-corrected chi connectivity index (χ1v) is 10.6. The number of carboxylic acid groups (broad SMARTS) is 1. The van der Waals surface area contributed by atoms with Crippen molar-refractivity contribution in [1.82, 2.24) is 10.6 Å². The summed E-state index contributed by atoms with van der Waals surface area (Å²) in [5.74, 6) is -0.740. The van der Waals surface area contributed by atoms with Gasteiger partial charge >= 0.3 is 14.8 Å². The maximum absolute atomic E-state index is 10.4. The molecular formula is C15H34N2O5Si. The highest BCUT2D eigenvalue weighted by Crippen LogP contribution is 2.17. The van der Waals surface area contributed by atoms with Crippen molar-refractivity contribution in [1.29, 1.82) is 0 Å². The summed E-state index contributed by atoms with van der Waals surface area (Å²) in [5.41, 5.74) is 0. The minimum absolute atomic E-state index is 0.222. The van der Waals surface area contributed by atoms with E-state index in [-0.39, 0.29) is 6.42 Å². The second-order valence-electron chi connectivity index (χ2n) is 5.08. The van der Waals surface area contributed by atoms with Crippen molar-refractivity contribution in [3.05, 3.63) is 0 Å². The van der Waals surface area contributed by atoms with Crippen LogP contribution in [0.4, 0.5) is 0 Å². The van der Waals surface area contributed by atoms with Crippen molar-refractivity contribution >= 4 is 14.8 Å². The molecule has 23 heavy (non-hydrogen) atoms. The molecule has 8 heteroatoms. The van der Waals surface area contributed by atoms with Crippen molar-refractivity contribution in [2.75, 3.05) is 46.0 Å². The fourth-order valence-electron chi connectivity index (χ4n) is 2.22. The van der Waals surface area contributed by atoms with E-state index in [4.69, 9.17) is 18.4 Å². The van der Waals surface area contributed by atoms with Crippen molar-refractivity contribution in [3.63, 3.8) is 0 Å². The van der Waals surface area contributed by atoms with Gasteiger partial charge in [-0.1, -0.05) is 0 Å². The van der Waals surface area contributed by atoms with Crippen LogP contribution in [0.3, 0.4) is 0 Å². The summed E-state index contributed by atoms with van der Waals surface area (Å²) in [6.07, 6.45) is 1.84. The monoisotopic (exact) mass is 350 g/mol. The van der Waals surface area contributed by atoms with Gasteiger partial charge in [0.15, 0.2) is 0 Å². The summed E-state index contributed by atoms with van der Waals surface area (Å²) in [7, 11) is -2.50. The van der Waals surface area contributed by atoms with Gasteiger partial charge in [-0.15, -0.1) is 0 Å². The fraction of sp³-hybridized carbons (Fsp3) is 0.933. The molecule has 0 heterocycles. The van der Waals surface area contributed by atoms with E-state index in [9.17, 15) is 4.79 Å². The van der Waals surface area contributed by atoms with Gasteiger partial charge in [0, 0.05) is 45.4 Å². The van der Waals surface area contributed by atoms with Crippen LogP contribution in [0.15, 0.2) is 0 Å². The van der Waals surface area contributed by atoms with Gasteiger partial charge in [-0.2, -0.15) is 0 Å². The molecule has 0 aromatic heterocycles. The average Bonchev–Trinajstić information content (AvgIpc) is 2.49. The number of carbonyl (C=O) groups is 1. The average molecular weight is 351 g/mol. The number of hydrogen-bond donors (Lipinski definition) is 3. The van der Waals surface area contributed by atoms with Crippen LogP contribution in [0.1, 0.15) is 40.0 Å². The van der Waals surface area contributed by atoms with Crippen LogP contribution < -0.4 is 10.6 Å². The molecule has 0 spiro atoms. The van der Waals surface area contributed by atoms with Gasteiger partial charge in [-0.3, -0.25) is 4.79 Å². The Hall–Kier alpha value is -0.513. The van der Waals surface area contributed by atoms with Crippen molar-refractivity contribution in [2.24, 2.45) is 0 Å². The van der Waals surface area contributed by atoms with Crippen LogP contribution >= 0.6 is 0 Å². The topological polar surface area (TPSA) is 89.1 Å². The smallest absolute Gasteiger partial charge is 0.481 e. The Kier molecular flexibility index (Phi) is 14.7. The molecule has 0 aromatic carbocycles. The number of hydrogen-bond acceptors (Lipinski definition) is 6. The van der Waals surface area contributed by atoms with Gasteiger partial charge in [0.2, 0.25) is 0 Å². The van der Waals surface area contributed by atoms with E-state index in [1.165, 1.54) is 0 Å². The predicted octanol–water partition coefficient (Wildman–Crippen LogP) is 1.47. The Bertz CT molecular complexity index is 278. The zero-order chi connectivity index (χ0) is 17.4. The highest BCUT2D eigenvalue weighted by Gasteiger charge is 2.39. The third kappa shape index (κ3) is 12.6. The van der Waals surface area contributed by atoms with E-state index in [0.29, 0.717) is 26.2 Å². The third-order valence-electron chi connectivity index (χ3n) is 3.15. The molecule has 0 bridgehead atoms. The fourth-order valence-corrected chi connectivity index (χ4v) is 4.83. The molecule has 0 atom stereocenters. The summed E-state index contributed by atoms with van der Waals surface area (Å²) in [6.45, 7) is 11.1. The zero-order valence-electron chi connectivity index (χ0n) is 14.9. The van der Waals surface area contributed by atoms with Crippen LogP contribution in [0.5, 0.6) is 0 Å². The Morgan fingerprint density at radius 1 is 0.870 bits per heavy atom. The van der Waals surface area contributed by atoms with E-state index in [1.54, 1.807) is 0 Å². The first-order chi connectivity index (χ1) is 11.1. The molecular weight excluding hydrogens is 316 g/mol. The maximum atomic E-state index is 10.4. The standard InChI is InChI=1S/C15H34N2O5Si/c1-4-20-23(21-5-2,22-6-3)14-8-11-17-13-12-16-10-7-9-15(18)19/h16-17H,4-14H2,1-3H3,(H,18,19). The summed E-state index contributed by atoms with van der Waals surface area (Å²) in [4.78, 5) is 10.4. The normalized spacial score (nSPS) is 11.8. The Morgan fingerprint density at radius 3 is 1.78 bits per heavy atom. The molecule has 0 saturated carbocycles. The van der Waals surface area contributed by atoms with Gasteiger partial charge in [0.1, 0.15) is 0 Å². The highest BCUT2D eigenvalue weighted by molar-refractivity contribution is 6.60. The molecule has 7 nitrogen and oxygen atoms in total. The number of carboxylic acids is 1. The van der Waals surface area contributed by atoms with Crippen LogP contribution in [0.25, 0.3) is 0 Å². The van der Waals surface area contributed by atoms with Gasteiger partial charge in [0.25, 0.3) is 0 Å². The van der Waals surface area contributed by atoms with E-state index < -0.39 is 14.8 Å². The summed E-state index contributed by atoms with van der Waals surface area (Å²) >= 11 is 0. The summed E-state index contributed by atoms with van der Waals surface area (Å²) in [6, 6.07) is 0.821. The summed E-state index contributed by atoms with van der Waals surface area (Å²) in [5, 5.41) is 15.1. The lowest BCUT2D eigenvalue weighted by atomic mass is 10.3.